The van der Waals surface area contributed by atoms with Crippen molar-refractivity contribution in [2.45, 2.75) is 241 Å². The van der Waals surface area contributed by atoms with E-state index >= 15 is 0 Å². The first-order valence-corrected chi connectivity index (χ1v) is 28.3. The summed E-state index contributed by atoms with van der Waals surface area (Å²) in [6, 6.07) is 0. The molecule has 0 aromatic rings. The van der Waals surface area contributed by atoms with E-state index in [1.165, 1.54) is 103 Å². The van der Waals surface area contributed by atoms with Gasteiger partial charge in [-0.15, -0.1) is 0 Å². The van der Waals surface area contributed by atoms with Gasteiger partial charge in [-0.25, -0.2) is 0 Å². The topological polar surface area (TPSA) is 105 Å². The van der Waals surface area contributed by atoms with Gasteiger partial charge < -0.3 is 44.2 Å². The molecular weight excluding hydrogens is 863 g/mol. The van der Waals surface area contributed by atoms with Crippen LogP contribution in [0.2, 0.25) is 8.87 Å². The van der Waals surface area contributed by atoms with Gasteiger partial charge in [0.15, 0.2) is 0 Å². The Hall–Kier alpha value is -0.621. The molecule has 0 saturated heterocycles. The summed E-state index contributed by atoms with van der Waals surface area (Å²) in [5, 5.41) is -2.46. The van der Waals surface area contributed by atoms with Crippen molar-refractivity contribution >= 4 is 70.3 Å². The fourth-order valence-corrected chi connectivity index (χ4v) is 9.88. The molecule has 0 unspecified atom stereocenters. The SMILES string of the molecule is CCCCCCCCOC(=O)C([S-])C(=O)OCCCCCCCC.CCCCCCCCOC(=O)C([S-])C(=O)OCCCCCCCC.CCC[CH2][Sn+2][CH2]CCC. The quantitative estimate of drug-likeness (QED) is 0.0148. The van der Waals surface area contributed by atoms with E-state index < -0.39 is 34.4 Å². The number of hydrogen-bond donors (Lipinski definition) is 0. The zero-order chi connectivity index (χ0) is 43.0. The van der Waals surface area contributed by atoms with Gasteiger partial charge in [-0.2, -0.15) is 0 Å². The number of carbonyl (C=O) groups is 4. The molecule has 0 aromatic heterocycles. The van der Waals surface area contributed by atoms with Crippen molar-refractivity contribution in [3.8, 4) is 0 Å². The van der Waals surface area contributed by atoms with Crippen molar-refractivity contribution in [3.05, 3.63) is 0 Å². The van der Waals surface area contributed by atoms with Gasteiger partial charge >= 0.3 is 69.5 Å². The average Bonchev–Trinajstić information content (AvgIpc) is 3.21. The Morgan fingerprint density at radius 2 is 0.526 bits per heavy atom. The van der Waals surface area contributed by atoms with Gasteiger partial charge in [-0.3, -0.25) is 19.2 Å². The van der Waals surface area contributed by atoms with E-state index in [0.717, 1.165) is 77.0 Å². The van der Waals surface area contributed by atoms with Gasteiger partial charge in [-0.1, -0.05) is 156 Å². The molecule has 0 spiro atoms. The van der Waals surface area contributed by atoms with Gasteiger partial charge in [0.1, 0.15) is 0 Å². The molecule has 0 heterocycles. The monoisotopic (exact) mass is 952 g/mol. The molecule has 0 rings (SSSR count). The van der Waals surface area contributed by atoms with E-state index in [-0.39, 0.29) is 21.1 Å². The van der Waals surface area contributed by atoms with Crippen molar-refractivity contribution in [3.63, 3.8) is 0 Å². The summed E-state index contributed by atoms with van der Waals surface area (Å²) in [5.41, 5.74) is 0. The Labute approximate surface area is 373 Å². The van der Waals surface area contributed by atoms with Crippen LogP contribution < -0.4 is 0 Å². The van der Waals surface area contributed by atoms with Crippen molar-refractivity contribution in [1.82, 2.24) is 0 Å². The first kappa shape index (κ1) is 60.7. The second-order valence-electron chi connectivity index (χ2n) is 15.0. The third-order valence-corrected chi connectivity index (χ3v) is 14.0. The standard InChI is InChI=1S/2C19H36O4S.2C4H9.Sn/c2*1-3-5-7-9-11-13-15-22-18(20)17(24)19(21)23-16-14-12-10-8-6-4-2;2*1-3-4-2;/h2*17,24H,3-16H2,1-2H3;2*1,3-4H2,2H3;/q;;;;+2/p-2. The molecule has 0 aliphatic rings. The number of esters is 4. The fraction of sp³-hybridized carbons (Fsp3) is 0.913. The third kappa shape index (κ3) is 47.9. The van der Waals surface area contributed by atoms with Crippen LogP contribution in [0, 0.1) is 0 Å². The minimum absolute atomic E-state index is 0.149. The van der Waals surface area contributed by atoms with E-state index in [1.54, 1.807) is 8.87 Å². The van der Waals surface area contributed by atoms with E-state index in [1.807, 2.05) is 0 Å². The summed E-state index contributed by atoms with van der Waals surface area (Å²) in [4.78, 5) is 46.8. The summed E-state index contributed by atoms with van der Waals surface area (Å²) < 4.78 is 23.5. The van der Waals surface area contributed by atoms with Gasteiger partial charge in [0.25, 0.3) is 23.9 Å². The number of ether oxygens (including phenoxy) is 4. The zero-order valence-electron chi connectivity index (χ0n) is 37.8. The molecular formula is C46H88O8S2Sn. The van der Waals surface area contributed by atoms with Gasteiger partial charge in [0.2, 0.25) is 0 Å². The normalized spacial score (nSPS) is 10.6. The molecule has 0 aliphatic carbocycles. The van der Waals surface area contributed by atoms with Crippen LogP contribution in [-0.4, -0.2) is 81.9 Å². The van der Waals surface area contributed by atoms with E-state index in [9.17, 15) is 19.2 Å². The minimum atomic E-state index is -1.23. The summed E-state index contributed by atoms with van der Waals surface area (Å²) >= 11 is 9.96. The van der Waals surface area contributed by atoms with Crippen LogP contribution in [0.5, 0.6) is 0 Å². The van der Waals surface area contributed by atoms with Crippen molar-refractivity contribution in [1.29, 1.82) is 0 Å². The number of hydrogen-bond acceptors (Lipinski definition) is 10. The molecule has 336 valence electrons. The molecule has 57 heavy (non-hydrogen) atoms. The fourth-order valence-electron chi connectivity index (χ4n) is 5.44. The number of rotatable bonds is 38. The second kappa shape index (κ2) is 51.5. The Morgan fingerprint density at radius 1 is 0.333 bits per heavy atom. The van der Waals surface area contributed by atoms with Crippen molar-refractivity contribution in [2.24, 2.45) is 0 Å². The van der Waals surface area contributed by atoms with Crippen molar-refractivity contribution < 1.29 is 38.1 Å². The van der Waals surface area contributed by atoms with Crippen molar-refractivity contribution in [2.75, 3.05) is 26.4 Å². The first-order valence-electron chi connectivity index (χ1n) is 23.4. The Balaban J connectivity index is -0.000000843. The van der Waals surface area contributed by atoms with Crippen LogP contribution in [0.1, 0.15) is 221 Å². The average molecular weight is 952 g/mol. The second-order valence-corrected chi connectivity index (χ2v) is 20.2. The summed E-state index contributed by atoms with van der Waals surface area (Å²) in [6.45, 7) is 14.6. The summed E-state index contributed by atoms with van der Waals surface area (Å²) in [5.74, 6) is -2.59. The van der Waals surface area contributed by atoms with E-state index in [0.29, 0.717) is 26.4 Å². The Morgan fingerprint density at radius 3 is 0.737 bits per heavy atom. The number of unbranched alkanes of at least 4 members (excludes halogenated alkanes) is 22. The van der Waals surface area contributed by atoms with E-state index in [4.69, 9.17) is 44.2 Å². The van der Waals surface area contributed by atoms with Crippen LogP contribution in [0.3, 0.4) is 0 Å². The predicted molar refractivity (Wildman–Crippen MR) is 245 cm³/mol. The predicted octanol–water partition coefficient (Wildman–Crippen LogP) is 12.5. The number of carbonyl (C=O) groups excluding carboxylic acids is 4. The van der Waals surface area contributed by atoms with Crippen LogP contribution in [-0.2, 0) is 63.4 Å². The van der Waals surface area contributed by atoms with Crippen LogP contribution in [0.4, 0.5) is 0 Å². The van der Waals surface area contributed by atoms with Gasteiger partial charge in [-0.05, 0) is 25.7 Å². The van der Waals surface area contributed by atoms with Crippen LogP contribution in [0.15, 0.2) is 0 Å². The molecule has 0 aromatic carbocycles. The van der Waals surface area contributed by atoms with Gasteiger partial charge in [0.05, 0.1) is 26.4 Å². The molecule has 0 atom stereocenters. The van der Waals surface area contributed by atoms with Gasteiger partial charge in [0, 0.05) is 10.5 Å². The zero-order valence-corrected chi connectivity index (χ0v) is 42.3. The molecule has 0 N–H and O–H groups in total. The van der Waals surface area contributed by atoms with Crippen LogP contribution >= 0.6 is 0 Å². The molecule has 0 amide bonds. The molecule has 8 nitrogen and oxygen atoms in total. The molecule has 0 saturated carbocycles. The summed E-state index contributed by atoms with van der Waals surface area (Å²) in [6.07, 6.45) is 32.7. The van der Waals surface area contributed by atoms with Crippen LogP contribution in [0.25, 0.3) is 0 Å². The maximum atomic E-state index is 11.7. The first-order chi connectivity index (χ1) is 27.7. The molecule has 0 bridgehead atoms. The Kier molecular flexibility index (Phi) is 54.8. The molecule has 0 radical (unpaired) electrons. The summed E-state index contributed by atoms with van der Waals surface area (Å²) in [7, 11) is 0. The van der Waals surface area contributed by atoms with E-state index in [2.05, 4.69) is 41.5 Å². The molecule has 0 fully saturated rings. The molecule has 0 aliphatic heterocycles. The molecule has 11 heteroatoms. The maximum absolute atomic E-state index is 11.7. The third-order valence-electron chi connectivity index (χ3n) is 9.24. The Bertz CT molecular complexity index is 751.